The molecular weight excluding hydrogens is 433 g/mol. The highest BCUT2D eigenvalue weighted by molar-refractivity contribution is 7.99. The van der Waals surface area contributed by atoms with Crippen molar-refractivity contribution in [2.75, 3.05) is 11.1 Å². The highest BCUT2D eigenvalue weighted by Gasteiger charge is 2.16. The summed E-state index contributed by atoms with van der Waals surface area (Å²) in [6.45, 7) is 5.74. The van der Waals surface area contributed by atoms with Crippen LogP contribution in [0.2, 0.25) is 0 Å². The van der Waals surface area contributed by atoms with Crippen LogP contribution in [-0.4, -0.2) is 21.2 Å². The Balaban J connectivity index is 1.65. The van der Waals surface area contributed by atoms with Gasteiger partial charge in [-0.3, -0.25) is 14.2 Å². The van der Waals surface area contributed by atoms with Gasteiger partial charge in [0.1, 0.15) is 10.5 Å². The van der Waals surface area contributed by atoms with Crippen LogP contribution in [0.1, 0.15) is 16.7 Å². The van der Waals surface area contributed by atoms with Gasteiger partial charge in [0.15, 0.2) is 5.16 Å². The third kappa shape index (κ3) is 4.40. The lowest BCUT2D eigenvalue weighted by Gasteiger charge is -2.14. The predicted octanol–water partition coefficient (Wildman–Crippen LogP) is 5.24. The van der Waals surface area contributed by atoms with Crippen molar-refractivity contribution in [3.05, 3.63) is 80.7 Å². The van der Waals surface area contributed by atoms with E-state index in [1.54, 1.807) is 17.6 Å². The van der Waals surface area contributed by atoms with Crippen molar-refractivity contribution in [3.63, 3.8) is 0 Å². The molecule has 4 aromatic rings. The highest BCUT2D eigenvalue weighted by Crippen LogP contribution is 2.25. The van der Waals surface area contributed by atoms with Crippen LogP contribution in [0.3, 0.4) is 0 Å². The fourth-order valence-corrected chi connectivity index (χ4v) is 4.74. The van der Waals surface area contributed by atoms with E-state index in [2.05, 4.69) is 10.3 Å². The molecule has 0 unspecified atom stereocenters. The average molecular weight is 454 g/mol. The van der Waals surface area contributed by atoms with Gasteiger partial charge < -0.3 is 5.32 Å². The van der Waals surface area contributed by atoms with Gasteiger partial charge in [0.25, 0.3) is 5.56 Å². The molecule has 0 aliphatic rings. The van der Waals surface area contributed by atoms with E-state index in [-0.39, 0.29) is 23.0 Å². The van der Waals surface area contributed by atoms with Crippen LogP contribution in [0.5, 0.6) is 0 Å². The molecule has 1 N–H and O–H groups in total. The van der Waals surface area contributed by atoms with E-state index in [1.165, 1.54) is 41.3 Å². The number of carbonyl (C=O) groups excluding carboxylic acids is 1. The van der Waals surface area contributed by atoms with E-state index in [0.717, 1.165) is 11.1 Å². The zero-order valence-corrected chi connectivity index (χ0v) is 18.9. The van der Waals surface area contributed by atoms with Crippen molar-refractivity contribution >= 4 is 44.9 Å². The van der Waals surface area contributed by atoms with E-state index >= 15 is 0 Å². The molecule has 31 heavy (non-hydrogen) atoms. The van der Waals surface area contributed by atoms with Gasteiger partial charge >= 0.3 is 0 Å². The number of benzene rings is 2. The second-order valence-corrected chi connectivity index (χ2v) is 9.09. The first-order valence-corrected chi connectivity index (χ1v) is 11.5. The Morgan fingerprint density at radius 2 is 1.90 bits per heavy atom. The summed E-state index contributed by atoms with van der Waals surface area (Å²) >= 11 is 2.54. The molecule has 0 fully saturated rings. The van der Waals surface area contributed by atoms with Gasteiger partial charge in [-0.1, -0.05) is 17.8 Å². The minimum Gasteiger partial charge on any atom is -0.325 e. The molecule has 0 radical (unpaired) electrons. The molecule has 0 spiro atoms. The van der Waals surface area contributed by atoms with Gasteiger partial charge in [0.2, 0.25) is 5.91 Å². The number of nitrogens with zero attached hydrogens (tertiary/aromatic N) is 2. The van der Waals surface area contributed by atoms with Gasteiger partial charge in [-0.05, 0) is 79.2 Å². The minimum absolute atomic E-state index is 0.0593. The van der Waals surface area contributed by atoms with Crippen LogP contribution in [0.25, 0.3) is 15.9 Å². The number of aryl methyl sites for hydroxylation is 3. The average Bonchev–Trinajstić information content (AvgIpc) is 3.20. The van der Waals surface area contributed by atoms with Crippen LogP contribution in [0, 0.1) is 26.6 Å². The Bertz CT molecular complexity index is 1360. The van der Waals surface area contributed by atoms with Crippen molar-refractivity contribution in [1.29, 1.82) is 0 Å². The normalized spacial score (nSPS) is 11.1. The molecule has 8 heteroatoms. The first kappa shape index (κ1) is 21.3. The summed E-state index contributed by atoms with van der Waals surface area (Å²) in [4.78, 5) is 30.4. The number of fused-ring (bicyclic) bond motifs is 1. The largest absolute Gasteiger partial charge is 0.325 e. The number of thioether (sulfide) groups is 1. The molecule has 0 bridgehead atoms. The van der Waals surface area contributed by atoms with E-state index in [1.807, 2.05) is 37.4 Å². The summed E-state index contributed by atoms with van der Waals surface area (Å²) in [6.07, 6.45) is 0. The first-order valence-electron chi connectivity index (χ1n) is 9.60. The summed E-state index contributed by atoms with van der Waals surface area (Å²) in [5.41, 5.74) is 4.57. The molecule has 158 valence electrons. The lowest BCUT2D eigenvalue weighted by atomic mass is 10.1. The Labute approximate surface area is 187 Å². The fraction of sp³-hybridized carbons (Fsp3) is 0.174. The lowest BCUT2D eigenvalue weighted by molar-refractivity contribution is -0.113. The number of hydrogen-bond donors (Lipinski definition) is 1. The smallest absolute Gasteiger partial charge is 0.276 e. The van der Waals surface area contributed by atoms with Gasteiger partial charge in [0.05, 0.1) is 17.0 Å². The molecule has 0 aliphatic heterocycles. The zero-order chi connectivity index (χ0) is 22.1. The van der Waals surface area contributed by atoms with Gasteiger partial charge in [-0.15, -0.1) is 11.3 Å². The molecule has 4 rings (SSSR count). The lowest BCUT2D eigenvalue weighted by Crippen LogP contribution is -2.22. The Morgan fingerprint density at radius 3 is 2.65 bits per heavy atom. The van der Waals surface area contributed by atoms with Crippen LogP contribution in [0.15, 0.2) is 57.8 Å². The van der Waals surface area contributed by atoms with Crippen molar-refractivity contribution < 1.29 is 9.18 Å². The van der Waals surface area contributed by atoms with Crippen molar-refractivity contribution in [2.45, 2.75) is 25.9 Å². The summed E-state index contributed by atoms with van der Waals surface area (Å²) < 4.78 is 15.4. The molecule has 0 saturated heterocycles. The van der Waals surface area contributed by atoms with E-state index < -0.39 is 0 Å². The van der Waals surface area contributed by atoms with E-state index in [4.69, 9.17) is 0 Å². The molecule has 5 nitrogen and oxygen atoms in total. The maximum atomic E-state index is 13.3. The number of aromatic nitrogens is 2. The van der Waals surface area contributed by atoms with Crippen LogP contribution >= 0.6 is 23.1 Å². The second-order valence-electron chi connectivity index (χ2n) is 7.23. The first-order chi connectivity index (χ1) is 14.8. The third-order valence-electron chi connectivity index (χ3n) is 4.99. The molecule has 1 amide bonds. The number of rotatable bonds is 5. The molecule has 0 saturated carbocycles. The van der Waals surface area contributed by atoms with Gasteiger partial charge in [0, 0.05) is 5.69 Å². The van der Waals surface area contributed by atoms with Crippen molar-refractivity contribution in [2.24, 2.45) is 0 Å². The van der Waals surface area contributed by atoms with E-state index in [9.17, 15) is 14.0 Å². The topological polar surface area (TPSA) is 64.0 Å². The maximum Gasteiger partial charge on any atom is 0.276 e. The highest BCUT2D eigenvalue weighted by atomic mass is 32.2. The number of nitrogens with one attached hydrogen (secondary N) is 1. The number of anilines is 1. The van der Waals surface area contributed by atoms with Gasteiger partial charge in [-0.2, -0.15) is 0 Å². The van der Waals surface area contributed by atoms with Crippen LogP contribution in [0.4, 0.5) is 10.1 Å². The Kier molecular flexibility index (Phi) is 5.93. The monoisotopic (exact) mass is 453 g/mol. The quantitative estimate of drug-likeness (QED) is 0.331. The van der Waals surface area contributed by atoms with Crippen molar-refractivity contribution in [3.8, 4) is 5.69 Å². The third-order valence-corrected chi connectivity index (χ3v) is 6.82. The predicted molar refractivity (Wildman–Crippen MR) is 125 cm³/mol. The van der Waals surface area contributed by atoms with Crippen molar-refractivity contribution in [1.82, 2.24) is 9.55 Å². The number of halogens is 1. The maximum absolute atomic E-state index is 13.3. The fourth-order valence-electron chi connectivity index (χ4n) is 3.16. The summed E-state index contributed by atoms with van der Waals surface area (Å²) in [5, 5.41) is 5.08. The summed E-state index contributed by atoms with van der Waals surface area (Å²) in [6, 6.07) is 11.8. The number of amides is 1. The van der Waals surface area contributed by atoms with Crippen LogP contribution < -0.4 is 10.9 Å². The number of hydrogen-bond acceptors (Lipinski definition) is 5. The Hall–Kier alpha value is -2.97. The standard InChI is InChI=1S/C23H20FN3O2S2/c1-13-4-6-17(11-14(13)2)27-22(29)21-19(8-9-30-21)26-23(27)31-12-20(28)25-18-7-5-16(24)10-15(18)3/h4-11H,12H2,1-3H3,(H,25,28). The second kappa shape index (κ2) is 8.64. The van der Waals surface area contributed by atoms with Crippen LogP contribution in [-0.2, 0) is 4.79 Å². The molecule has 0 atom stereocenters. The summed E-state index contributed by atoms with van der Waals surface area (Å²) in [7, 11) is 0. The Morgan fingerprint density at radius 1 is 1.10 bits per heavy atom. The van der Waals surface area contributed by atoms with Gasteiger partial charge in [-0.25, -0.2) is 9.37 Å². The molecular formula is C23H20FN3O2S2. The number of carbonyl (C=O) groups is 1. The molecule has 0 aliphatic carbocycles. The minimum atomic E-state index is -0.351. The van der Waals surface area contributed by atoms with E-state index in [0.29, 0.717) is 32.3 Å². The molecule has 2 aromatic carbocycles. The zero-order valence-electron chi connectivity index (χ0n) is 17.2. The SMILES string of the molecule is Cc1ccc(-n2c(SCC(=O)Nc3ccc(F)cc3C)nc3ccsc3c2=O)cc1C. The number of thiophene rings is 1. The molecule has 2 aromatic heterocycles. The summed E-state index contributed by atoms with van der Waals surface area (Å²) in [5.74, 6) is -0.550. The molecule has 2 heterocycles.